The predicted octanol–water partition coefficient (Wildman–Crippen LogP) is 1.90. The molecule has 158 valence electrons. The Bertz CT molecular complexity index is 1150. The number of aliphatic carboxylic acids is 1. The maximum atomic E-state index is 11.9. The van der Waals surface area contributed by atoms with Crippen LogP contribution < -0.4 is 5.06 Å². The van der Waals surface area contributed by atoms with E-state index in [2.05, 4.69) is 15.4 Å². The molecule has 3 aromatic rings. The summed E-state index contributed by atoms with van der Waals surface area (Å²) in [5, 5.41) is 24.5. The first-order valence-corrected chi connectivity index (χ1v) is 9.33. The van der Waals surface area contributed by atoms with Gasteiger partial charge in [-0.25, -0.2) is 9.75 Å². The van der Waals surface area contributed by atoms with E-state index in [-0.39, 0.29) is 30.7 Å². The van der Waals surface area contributed by atoms with Crippen molar-refractivity contribution in [3.63, 3.8) is 0 Å². The van der Waals surface area contributed by atoms with Crippen LogP contribution in [0.2, 0.25) is 10.2 Å². The minimum atomic E-state index is -2.45. The Morgan fingerprint density at radius 3 is 2.80 bits per heavy atom. The predicted molar refractivity (Wildman–Crippen MR) is 106 cm³/mol. The molecule has 1 aliphatic heterocycles. The molecule has 1 N–H and O–H groups in total. The Labute approximate surface area is 185 Å². The molecule has 0 aliphatic carbocycles. The summed E-state index contributed by atoms with van der Waals surface area (Å²) in [4.78, 5) is 23.2. The molecule has 11 nitrogen and oxygen atoms in total. The smallest absolute Gasteiger partial charge is 0.323 e. The minimum absolute atomic E-state index is 0.0956. The fraction of sp³-hybridized carbons (Fsp3) is 0.294. The van der Waals surface area contributed by atoms with Crippen LogP contribution in [-0.4, -0.2) is 60.4 Å². The van der Waals surface area contributed by atoms with E-state index in [1.807, 2.05) is 0 Å². The first kappa shape index (κ1) is 17.0. The van der Waals surface area contributed by atoms with E-state index >= 15 is 0 Å². The monoisotopic (exact) mass is 456 g/mol. The highest BCUT2D eigenvalue weighted by Crippen LogP contribution is 2.30. The number of carbonyl (C=O) groups is 1. The van der Waals surface area contributed by atoms with Crippen LogP contribution in [0.4, 0.5) is 5.69 Å². The van der Waals surface area contributed by atoms with Crippen molar-refractivity contribution < 1.29 is 23.7 Å². The average molecular weight is 457 g/mol. The van der Waals surface area contributed by atoms with Crippen LogP contribution in [0.25, 0.3) is 5.69 Å². The third-order valence-electron chi connectivity index (χ3n) is 4.28. The molecule has 2 aromatic heterocycles. The van der Waals surface area contributed by atoms with Gasteiger partial charge in [-0.1, -0.05) is 28.4 Å². The molecule has 1 aromatic carbocycles. The Balaban J connectivity index is 1.48. The van der Waals surface area contributed by atoms with Crippen LogP contribution in [0.1, 0.15) is 9.81 Å². The van der Waals surface area contributed by atoms with Crippen LogP contribution in [0, 0.1) is 0 Å². The van der Waals surface area contributed by atoms with Crippen LogP contribution in [0.3, 0.4) is 0 Å². The zero-order chi connectivity index (χ0) is 23.8. The van der Waals surface area contributed by atoms with Crippen LogP contribution >= 0.6 is 23.2 Å². The number of halogens is 2. The first-order chi connectivity index (χ1) is 15.6. The molecule has 0 saturated carbocycles. The van der Waals surface area contributed by atoms with Gasteiger partial charge < -0.3 is 5.11 Å². The number of carboxylic acid groups (broad SMARTS) is 1. The molecule has 1 aliphatic rings. The van der Waals surface area contributed by atoms with E-state index < -0.39 is 19.0 Å². The molecule has 0 spiro atoms. The van der Waals surface area contributed by atoms with E-state index in [0.29, 0.717) is 16.4 Å². The van der Waals surface area contributed by atoms with Crippen LogP contribution in [-0.2, 0) is 27.9 Å². The van der Waals surface area contributed by atoms with E-state index in [0.717, 1.165) is 9.75 Å². The van der Waals surface area contributed by atoms with Crippen LogP contribution in [0.15, 0.2) is 36.7 Å². The molecular formula is C17H17Cl2N7O4. The van der Waals surface area contributed by atoms with E-state index in [9.17, 15) is 9.90 Å². The largest absolute Gasteiger partial charge is 0.480 e. The number of aromatic nitrogens is 5. The number of hydrogen-bond acceptors (Lipinski definition) is 8. The second-order valence-corrected chi connectivity index (χ2v) is 7.06. The number of benzene rings is 1. The third kappa shape index (κ3) is 4.40. The lowest BCUT2D eigenvalue weighted by Gasteiger charge is -2.37. The molecule has 0 amide bonds. The van der Waals surface area contributed by atoms with Gasteiger partial charge in [0.1, 0.15) is 6.04 Å². The average Bonchev–Trinajstić information content (AvgIpc) is 3.41. The summed E-state index contributed by atoms with van der Waals surface area (Å²) in [6.45, 7) is -2.85. The van der Waals surface area contributed by atoms with Gasteiger partial charge in [0, 0.05) is 28.7 Å². The van der Waals surface area contributed by atoms with Crippen LogP contribution in [0.5, 0.6) is 0 Å². The quantitative estimate of drug-likeness (QED) is 0.593. The summed E-state index contributed by atoms with van der Waals surface area (Å²) >= 11 is 12.0. The lowest BCUT2D eigenvalue weighted by atomic mass is 10.1. The van der Waals surface area contributed by atoms with Crippen molar-refractivity contribution in [2.24, 2.45) is 6.98 Å². The fourth-order valence-electron chi connectivity index (χ4n) is 2.88. The molecule has 1 atom stereocenters. The summed E-state index contributed by atoms with van der Waals surface area (Å²) in [6, 6.07) is 5.26. The minimum Gasteiger partial charge on any atom is -0.480 e. The van der Waals surface area contributed by atoms with Gasteiger partial charge in [-0.2, -0.15) is 5.10 Å². The van der Waals surface area contributed by atoms with Crippen molar-refractivity contribution in [1.82, 2.24) is 29.8 Å². The highest BCUT2D eigenvalue weighted by atomic mass is 35.5. The molecule has 4 rings (SSSR count). The number of hydrogen-bond donors (Lipinski definition) is 1. The number of anilines is 1. The molecule has 3 heterocycles. The van der Waals surface area contributed by atoms with Gasteiger partial charge in [0.25, 0.3) is 0 Å². The number of carboxylic acids is 1. The van der Waals surface area contributed by atoms with Gasteiger partial charge in [-0.15, -0.1) is 10.2 Å². The summed E-state index contributed by atoms with van der Waals surface area (Å²) in [5.41, 5.74) is 1.33. The number of rotatable bonds is 6. The molecule has 0 bridgehead atoms. The van der Waals surface area contributed by atoms with E-state index in [1.54, 1.807) is 18.2 Å². The van der Waals surface area contributed by atoms with Crippen molar-refractivity contribution in [3.05, 3.63) is 52.5 Å². The second kappa shape index (κ2) is 8.58. The standard InChI is InChI=1S/C17H17Cl2N7O4/c1-23-5-4-12(21-23)7-15(17(27)28)26-10-29-25(9-30-26)14-6-11(18)2-3-13(14)24-8-16(19)20-22-24/h2-6,8,15H,7,9-10H2,1H3,(H,27,28)/i1D3. The maximum Gasteiger partial charge on any atom is 0.323 e. The zero-order valence-electron chi connectivity index (χ0n) is 18.2. The summed E-state index contributed by atoms with van der Waals surface area (Å²) in [5.74, 6) is -1.18. The molecular weight excluding hydrogens is 437 g/mol. The van der Waals surface area contributed by atoms with Gasteiger partial charge in [0.2, 0.25) is 0 Å². The Kier molecular flexibility index (Phi) is 4.87. The molecule has 1 unspecified atom stereocenters. The Hall–Kier alpha value is -2.70. The second-order valence-electron chi connectivity index (χ2n) is 6.24. The van der Waals surface area contributed by atoms with Gasteiger partial charge >= 0.3 is 5.97 Å². The molecule has 0 radical (unpaired) electrons. The van der Waals surface area contributed by atoms with Crippen molar-refractivity contribution in [3.8, 4) is 5.69 Å². The summed E-state index contributed by atoms with van der Waals surface area (Å²) in [7, 11) is 0. The van der Waals surface area contributed by atoms with Crippen molar-refractivity contribution in [2.75, 3.05) is 18.5 Å². The third-order valence-corrected chi connectivity index (χ3v) is 4.69. The van der Waals surface area contributed by atoms with Crippen molar-refractivity contribution >= 4 is 34.9 Å². The number of hydroxylamine groups is 3. The van der Waals surface area contributed by atoms with Gasteiger partial charge in [-0.05, 0) is 24.3 Å². The highest BCUT2D eigenvalue weighted by molar-refractivity contribution is 6.31. The fourth-order valence-corrected chi connectivity index (χ4v) is 3.17. The molecule has 1 saturated heterocycles. The highest BCUT2D eigenvalue weighted by Gasteiger charge is 2.32. The lowest BCUT2D eigenvalue weighted by molar-refractivity contribution is -0.282. The van der Waals surface area contributed by atoms with E-state index in [1.165, 1.54) is 28.2 Å². The lowest BCUT2D eigenvalue weighted by Crippen LogP contribution is -2.51. The Morgan fingerprint density at radius 2 is 2.17 bits per heavy atom. The zero-order valence-corrected chi connectivity index (χ0v) is 16.7. The van der Waals surface area contributed by atoms with Crippen molar-refractivity contribution in [1.29, 1.82) is 0 Å². The normalized spacial score (nSPS) is 17.9. The van der Waals surface area contributed by atoms with Crippen molar-refractivity contribution in [2.45, 2.75) is 12.5 Å². The topological polar surface area (TPSA) is 111 Å². The maximum absolute atomic E-state index is 11.9. The van der Waals surface area contributed by atoms with E-state index in [4.69, 9.17) is 37.0 Å². The SMILES string of the molecule is [2H]C([2H])([2H])n1ccc(CC(C(=O)O)N2CON(c3cc(Cl)ccc3-n3cc(Cl)nn3)CO2)n1. The summed E-state index contributed by atoms with van der Waals surface area (Å²) < 4.78 is 24.4. The molecule has 1 fully saturated rings. The molecule has 13 heteroatoms. The van der Waals surface area contributed by atoms with Gasteiger partial charge in [0.05, 0.1) is 23.3 Å². The Morgan fingerprint density at radius 1 is 1.30 bits per heavy atom. The molecule has 30 heavy (non-hydrogen) atoms. The van der Waals surface area contributed by atoms with Gasteiger partial charge in [0.15, 0.2) is 18.6 Å². The first-order valence-electron chi connectivity index (χ1n) is 10.1. The van der Waals surface area contributed by atoms with Gasteiger partial charge in [-0.3, -0.25) is 19.2 Å². The number of aryl methyl sites for hydroxylation is 1. The number of nitrogens with zero attached hydrogens (tertiary/aromatic N) is 7. The summed E-state index contributed by atoms with van der Waals surface area (Å²) in [6.07, 6.45) is 2.68.